The molecule has 1 heterocycles. The summed E-state index contributed by atoms with van der Waals surface area (Å²) in [5.41, 5.74) is 0.701. The van der Waals surface area contributed by atoms with Crippen molar-refractivity contribution in [2.24, 2.45) is 0 Å². The van der Waals surface area contributed by atoms with Crippen molar-refractivity contribution in [3.8, 4) is 0 Å². The molecule has 0 radical (unpaired) electrons. The SMILES string of the molecule is CCOC(=O)C1=C(CSc2ccc(F)cc2F)NC(=O)N[C@@H]1CC. The smallest absolute Gasteiger partial charge is 0.337 e. The molecule has 0 saturated carbocycles. The van der Waals surface area contributed by atoms with Crippen LogP contribution >= 0.6 is 11.8 Å². The molecule has 0 saturated heterocycles. The molecule has 0 unspecified atom stereocenters. The monoisotopic (exact) mass is 356 g/mol. The molecule has 1 aromatic rings. The molecule has 0 aromatic heterocycles. The van der Waals surface area contributed by atoms with Crippen LogP contribution in [0.3, 0.4) is 0 Å². The van der Waals surface area contributed by atoms with Gasteiger partial charge in [0.25, 0.3) is 0 Å². The number of thioether (sulfide) groups is 1. The van der Waals surface area contributed by atoms with Crippen molar-refractivity contribution in [1.29, 1.82) is 0 Å². The third-order valence-corrected chi connectivity index (χ3v) is 4.49. The first-order valence-corrected chi connectivity index (χ1v) is 8.50. The zero-order valence-electron chi connectivity index (χ0n) is 13.3. The molecule has 1 aliphatic rings. The molecule has 1 atom stereocenters. The summed E-state index contributed by atoms with van der Waals surface area (Å²) in [5.74, 6) is -1.72. The molecule has 2 N–H and O–H groups in total. The Morgan fingerprint density at radius 3 is 2.71 bits per heavy atom. The van der Waals surface area contributed by atoms with Crippen LogP contribution in [0.5, 0.6) is 0 Å². The lowest BCUT2D eigenvalue weighted by Crippen LogP contribution is -2.50. The Morgan fingerprint density at radius 1 is 1.33 bits per heavy atom. The van der Waals surface area contributed by atoms with E-state index in [0.29, 0.717) is 17.7 Å². The summed E-state index contributed by atoms with van der Waals surface area (Å²) < 4.78 is 31.7. The summed E-state index contributed by atoms with van der Waals surface area (Å²) in [6.07, 6.45) is 0.515. The number of nitrogens with one attached hydrogen (secondary N) is 2. The maximum absolute atomic E-state index is 13.7. The Kier molecular flexibility index (Phi) is 6.19. The second kappa shape index (κ2) is 8.14. The van der Waals surface area contributed by atoms with Crippen molar-refractivity contribution in [2.75, 3.05) is 12.4 Å². The van der Waals surface area contributed by atoms with Crippen molar-refractivity contribution < 1.29 is 23.1 Å². The average Bonchev–Trinajstić information content (AvgIpc) is 2.53. The Bertz CT molecular complexity index is 679. The van der Waals surface area contributed by atoms with Crippen LogP contribution in [-0.2, 0) is 9.53 Å². The first kappa shape index (κ1) is 18.3. The Balaban J connectivity index is 2.26. The number of rotatable bonds is 6. The second-order valence-corrected chi connectivity index (χ2v) is 6.05. The number of carbonyl (C=O) groups excluding carboxylic acids is 2. The van der Waals surface area contributed by atoms with E-state index in [-0.39, 0.29) is 17.3 Å². The number of amides is 2. The van der Waals surface area contributed by atoms with Crippen molar-refractivity contribution >= 4 is 23.8 Å². The van der Waals surface area contributed by atoms with Gasteiger partial charge < -0.3 is 15.4 Å². The molecule has 8 heteroatoms. The van der Waals surface area contributed by atoms with Gasteiger partial charge in [0.2, 0.25) is 0 Å². The molecule has 0 fully saturated rings. The lowest BCUT2D eigenvalue weighted by atomic mass is 10.0. The first-order valence-electron chi connectivity index (χ1n) is 7.51. The minimum atomic E-state index is -0.689. The van der Waals surface area contributed by atoms with E-state index in [4.69, 9.17) is 4.74 Å². The van der Waals surface area contributed by atoms with E-state index in [2.05, 4.69) is 10.6 Å². The summed E-state index contributed by atoms with van der Waals surface area (Å²) in [4.78, 5) is 24.2. The Labute approximate surface area is 142 Å². The summed E-state index contributed by atoms with van der Waals surface area (Å²) in [5, 5.41) is 5.24. The van der Waals surface area contributed by atoms with Crippen LogP contribution < -0.4 is 10.6 Å². The summed E-state index contributed by atoms with van der Waals surface area (Å²) in [7, 11) is 0. The predicted octanol–water partition coefficient (Wildman–Crippen LogP) is 2.97. The lowest BCUT2D eigenvalue weighted by molar-refractivity contribution is -0.139. The zero-order chi connectivity index (χ0) is 17.7. The topological polar surface area (TPSA) is 67.4 Å². The van der Waals surface area contributed by atoms with Crippen LogP contribution in [-0.4, -0.2) is 30.4 Å². The largest absolute Gasteiger partial charge is 0.463 e. The number of hydrogen-bond donors (Lipinski definition) is 2. The molecule has 24 heavy (non-hydrogen) atoms. The normalized spacial score (nSPS) is 17.3. The van der Waals surface area contributed by atoms with Gasteiger partial charge in [0, 0.05) is 22.4 Å². The fourth-order valence-corrected chi connectivity index (χ4v) is 3.21. The third-order valence-electron chi connectivity index (χ3n) is 3.41. The fourth-order valence-electron chi connectivity index (χ4n) is 2.32. The number of halogens is 2. The number of carbonyl (C=O) groups is 2. The molecule has 2 rings (SSSR count). The minimum Gasteiger partial charge on any atom is -0.463 e. The van der Waals surface area contributed by atoms with Crippen molar-refractivity contribution in [2.45, 2.75) is 31.2 Å². The zero-order valence-corrected chi connectivity index (χ0v) is 14.1. The Morgan fingerprint density at radius 2 is 2.08 bits per heavy atom. The minimum absolute atomic E-state index is 0.153. The van der Waals surface area contributed by atoms with Gasteiger partial charge in [0.1, 0.15) is 11.6 Å². The van der Waals surface area contributed by atoms with Crippen LogP contribution in [0.15, 0.2) is 34.4 Å². The number of hydrogen-bond acceptors (Lipinski definition) is 4. The van der Waals surface area contributed by atoms with Gasteiger partial charge in [-0.3, -0.25) is 0 Å². The van der Waals surface area contributed by atoms with Crippen LogP contribution in [0.4, 0.5) is 13.6 Å². The van der Waals surface area contributed by atoms with Crippen LogP contribution in [0, 0.1) is 11.6 Å². The highest BCUT2D eigenvalue weighted by atomic mass is 32.2. The molecule has 1 aliphatic heterocycles. The van der Waals surface area contributed by atoms with E-state index >= 15 is 0 Å². The van der Waals surface area contributed by atoms with E-state index < -0.39 is 29.7 Å². The number of benzene rings is 1. The molecule has 0 bridgehead atoms. The van der Waals surface area contributed by atoms with E-state index in [1.165, 1.54) is 6.07 Å². The quantitative estimate of drug-likeness (QED) is 0.607. The van der Waals surface area contributed by atoms with Gasteiger partial charge in [-0.15, -0.1) is 11.8 Å². The van der Waals surface area contributed by atoms with E-state index in [1.54, 1.807) is 6.92 Å². The highest BCUT2D eigenvalue weighted by Gasteiger charge is 2.31. The average molecular weight is 356 g/mol. The maximum atomic E-state index is 13.7. The molecule has 5 nitrogen and oxygen atoms in total. The van der Waals surface area contributed by atoms with Crippen LogP contribution in [0.2, 0.25) is 0 Å². The van der Waals surface area contributed by atoms with Crippen LogP contribution in [0.25, 0.3) is 0 Å². The molecule has 2 amide bonds. The van der Waals surface area contributed by atoms with Gasteiger partial charge in [0.05, 0.1) is 18.2 Å². The van der Waals surface area contributed by atoms with Gasteiger partial charge in [-0.2, -0.15) is 0 Å². The third kappa shape index (κ3) is 4.25. The summed E-state index contributed by atoms with van der Waals surface area (Å²) in [6, 6.07) is 2.37. The number of urea groups is 1. The van der Waals surface area contributed by atoms with Gasteiger partial charge >= 0.3 is 12.0 Å². The molecule has 1 aromatic carbocycles. The number of ether oxygens (including phenoxy) is 1. The molecular weight excluding hydrogens is 338 g/mol. The van der Waals surface area contributed by atoms with Crippen molar-refractivity contribution in [3.63, 3.8) is 0 Å². The summed E-state index contributed by atoms with van der Waals surface area (Å²) >= 11 is 1.07. The van der Waals surface area contributed by atoms with E-state index in [1.807, 2.05) is 6.92 Å². The highest BCUT2D eigenvalue weighted by Crippen LogP contribution is 2.27. The first-order chi connectivity index (χ1) is 11.5. The van der Waals surface area contributed by atoms with Crippen LogP contribution in [0.1, 0.15) is 20.3 Å². The summed E-state index contributed by atoms with van der Waals surface area (Å²) in [6.45, 7) is 3.73. The predicted molar refractivity (Wildman–Crippen MR) is 86.5 cm³/mol. The van der Waals surface area contributed by atoms with Crippen molar-refractivity contribution in [3.05, 3.63) is 41.1 Å². The van der Waals surface area contributed by atoms with Gasteiger partial charge in [-0.25, -0.2) is 18.4 Å². The fraction of sp³-hybridized carbons (Fsp3) is 0.375. The standard InChI is InChI=1S/C16H18F2N2O3S/c1-3-11-14(15(21)23-4-2)12(20-16(22)19-11)8-24-13-6-5-9(17)7-10(13)18/h5-7,11H,3-4,8H2,1-2H3,(H2,19,20,22)/t11-/m1/s1. The Hall–Kier alpha value is -2.09. The van der Waals surface area contributed by atoms with Crippen molar-refractivity contribution in [1.82, 2.24) is 10.6 Å². The van der Waals surface area contributed by atoms with Gasteiger partial charge in [0.15, 0.2) is 0 Å². The molecule has 130 valence electrons. The molecular formula is C16H18F2N2O3S. The van der Waals surface area contributed by atoms with E-state index in [0.717, 1.165) is 23.9 Å². The van der Waals surface area contributed by atoms with Gasteiger partial charge in [-0.05, 0) is 25.5 Å². The number of esters is 1. The molecule has 0 aliphatic carbocycles. The maximum Gasteiger partial charge on any atom is 0.337 e. The van der Waals surface area contributed by atoms with Gasteiger partial charge in [-0.1, -0.05) is 6.92 Å². The second-order valence-electron chi connectivity index (χ2n) is 5.04. The van der Waals surface area contributed by atoms with E-state index in [9.17, 15) is 18.4 Å². The highest BCUT2D eigenvalue weighted by molar-refractivity contribution is 7.99. The lowest BCUT2D eigenvalue weighted by Gasteiger charge is -2.28. The molecule has 0 spiro atoms.